The highest BCUT2D eigenvalue weighted by Gasteiger charge is 2.21. The summed E-state index contributed by atoms with van der Waals surface area (Å²) >= 11 is 0. The molecule has 1 aliphatic carbocycles. The van der Waals surface area contributed by atoms with Gasteiger partial charge in [0.25, 0.3) is 0 Å². The summed E-state index contributed by atoms with van der Waals surface area (Å²) in [6.07, 6.45) is 3.92. The SMILES string of the molecule is CC1CCC(CNc2nnc(C(C)N)o2)C1. The van der Waals surface area contributed by atoms with Crippen molar-refractivity contribution in [1.82, 2.24) is 10.2 Å². The number of hydrogen-bond donors (Lipinski definition) is 2. The van der Waals surface area contributed by atoms with E-state index in [1.54, 1.807) is 0 Å². The minimum Gasteiger partial charge on any atom is -0.406 e. The Morgan fingerprint density at radius 3 is 2.88 bits per heavy atom. The van der Waals surface area contributed by atoms with Crippen LogP contribution in [0.4, 0.5) is 6.01 Å². The van der Waals surface area contributed by atoms with Crippen molar-refractivity contribution in [3.8, 4) is 0 Å². The van der Waals surface area contributed by atoms with Crippen LogP contribution >= 0.6 is 0 Å². The van der Waals surface area contributed by atoms with Crippen LogP contribution in [0.15, 0.2) is 4.42 Å². The third-order valence-electron chi connectivity index (χ3n) is 3.18. The van der Waals surface area contributed by atoms with Crippen LogP contribution in [0.5, 0.6) is 0 Å². The first-order chi connectivity index (χ1) is 7.65. The maximum Gasteiger partial charge on any atom is 0.315 e. The van der Waals surface area contributed by atoms with Gasteiger partial charge >= 0.3 is 6.01 Å². The third kappa shape index (κ3) is 2.72. The Bertz CT molecular complexity index is 336. The summed E-state index contributed by atoms with van der Waals surface area (Å²) in [6.45, 7) is 5.06. The van der Waals surface area contributed by atoms with Gasteiger partial charge in [-0.15, -0.1) is 5.10 Å². The Morgan fingerprint density at radius 2 is 2.31 bits per heavy atom. The fourth-order valence-electron chi connectivity index (χ4n) is 2.23. The maximum absolute atomic E-state index is 5.64. The van der Waals surface area contributed by atoms with Crippen molar-refractivity contribution in [2.45, 2.75) is 39.2 Å². The van der Waals surface area contributed by atoms with E-state index in [0.29, 0.717) is 11.9 Å². The van der Waals surface area contributed by atoms with Crippen molar-refractivity contribution in [1.29, 1.82) is 0 Å². The lowest BCUT2D eigenvalue weighted by molar-refractivity contribution is 0.465. The monoisotopic (exact) mass is 224 g/mol. The molecular formula is C11H20N4O. The molecule has 16 heavy (non-hydrogen) atoms. The molecule has 1 saturated carbocycles. The summed E-state index contributed by atoms with van der Waals surface area (Å²) < 4.78 is 5.37. The second-order valence-corrected chi connectivity index (χ2v) is 4.90. The lowest BCUT2D eigenvalue weighted by atomic mass is 10.1. The summed E-state index contributed by atoms with van der Waals surface area (Å²) in [6, 6.07) is 0.293. The summed E-state index contributed by atoms with van der Waals surface area (Å²) in [5, 5.41) is 11.0. The van der Waals surface area contributed by atoms with Crippen LogP contribution in [0.1, 0.15) is 45.0 Å². The minimum atomic E-state index is -0.199. The van der Waals surface area contributed by atoms with Crippen molar-refractivity contribution in [2.75, 3.05) is 11.9 Å². The normalized spacial score (nSPS) is 26.9. The van der Waals surface area contributed by atoms with E-state index in [4.69, 9.17) is 10.2 Å². The maximum atomic E-state index is 5.64. The van der Waals surface area contributed by atoms with Gasteiger partial charge in [-0.3, -0.25) is 0 Å². The van der Waals surface area contributed by atoms with Crippen LogP contribution < -0.4 is 11.1 Å². The molecule has 5 heteroatoms. The molecule has 2 rings (SSSR count). The Labute approximate surface area is 95.8 Å². The molecule has 1 fully saturated rings. The zero-order chi connectivity index (χ0) is 11.5. The molecule has 3 N–H and O–H groups in total. The molecule has 3 atom stereocenters. The number of rotatable bonds is 4. The van der Waals surface area contributed by atoms with Gasteiger partial charge in [0.15, 0.2) is 0 Å². The number of nitrogens with two attached hydrogens (primary N) is 1. The fourth-order valence-corrected chi connectivity index (χ4v) is 2.23. The van der Waals surface area contributed by atoms with Gasteiger partial charge in [0.1, 0.15) is 0 Å². The largest absolute Gasteiger partial charge is 0.406 e. The molecule has 0 spiro atoms. The fraction of sp³-hybridized carbons (Fsp3) is 0.818. The summed E-state index contributed by atoms with van der Waals surface area (Å²) in [4.78, 5) is 0. The molecule has 0 saturated heterocycles. The molecule has 90 valence electrons. The van der Waals surface area contributed by atoms with Crippen LogP contribution in [0.2, 0.25) is 0 Å². The lowest BCUT2D eigenvalue weighted by Gasteiger charge is -2.08. The smallest absolute Gasteiger partial charge is 0.315 e. The van der Waals surface area contributed by atoms with E-state index in [1.807, 2.05) is 6.92 Å². The summed E-state index contributed by atoms with van der Waals surface area (Å²) in [7, 11) is 0. The van der Waals surface area contributed by atoms with Gasteiger partial charge < -0.3 is 15.5 Å². The molecule has 0 amide bonds. The molecule has 5 nitrogen and oxygen atoms in total. The van der Waals surface area contributed by atoms with Crippen LogP contribution in [-0.4, -0.2) is 16.7 Å². The standard InChI is InChI=1S/C11H20N4O/c1-7-3-4-9(5-7)6-13-11-15-14-10(16-11)8(2)12/h7-9H,3-6,12H2,1-2H3,(H,13,15). The van der Waals surface area contributed by atoms with E-state index in [9.17, 15) is 0 Å². The molecule has 1 heterocycles. The van der Waals surface area contributed by atoms with E-state index in [0.717, 1.165) is 18.4 Å². The molecule has 0 aliphatic heterocycles. The van der Waals surface area contributed by atoms with Gasteiger partial charge in [-0.1, -0.05) is 18.4 Å². The first-order valence-electron chi connectivity index (χ1n) is 5.98. The Hall–Kier alpha value is -1.10. The van der Waals surface area contributed by atoms with Gasteiger partial charge in [-0.2, -0.15) is 0 Å². The van der Waals surface area contributed by atoms with Gasteiger partial charge in [0, 0.05) is 6.54 Å². The number of nitrogens with one attached hydrogen (secondary N) is 1. The Kier molecular flexibility index (Phi) is 3.43. The number of hydrogen-bond acceptors (Lipinski definition) is 5. The van der Waals surface area contributed by atoms with Crippen molar-refractivity contribution in [2.24, 2.45) is 17.6 Å². The van der Waals surface area contributed by atoms with Crippen molar-refractivity contribution < 1.29 is 4.42 Å². The van der Waals surface area contributed by atoms with Gasteiger partial charge in [-0.25, -0.2) is 0 Å². The quantitative estimate of drug-likeness (QED) is 0.817. The molecule has 1 aliphatic rings. The summed E-state index contributed by atoms with van der Waals surface area (Å²) in [5.41, 5.74) is 5.64. The number of nitrogens with zero attached hydrogens (tertiary/aromatic N) is 2. The van der Waals surface area contributed by atoms with Crippen molar-refractivity contribution >= 4 is 6.01 Å². The summed E-state index contributed by atoms with van der Waals surface area (Å²) in [5.74, 6) is 2.08. The Morgan fingerprint density at radius 1 is 1.50 bits per heavy atom. The molecule has 1 aromatic rings. The minimum absolute atomic E-state index is 0.199. The average molecular weight is 224 g/mol. The van der Waals surface area contributed by atoms with E-state index in [-0.39, 0.29) is 6.04 Å². The second-order valence-electron chi connectivity index (χ2n) is 4.90. The van der Waals surface area contributed by atoms with Gasteiger partial charge in [0.2, 0.25) is 5.89 Å². The molecule has 0 bridgehead atoms. The highest BCUT2D eigenvalue weighted by atomic mass is 16.4. The predicted molar refractivity (Wildman–Crippen MR) is 61.9 cm³/mol. The zero-order valence-electron chi connectivity index (χ0n) is 9.94. The van der Waals surface area contributed by atoms with E-state index in [2.05, 4.69) is 22.4 Å². The first-order valence-corrected chi connectivity index (χ1v) is 5.98. The third-order valence-corrected chi connectivity index (χ3v) is 3.18. The number of aromatic nitrogens is 2. The second kappa shape index (κ2) is 4.82. The van der Waals surface area contributed by atoms with E-state index < -0.39 is 0 Å². The number of anilines is 1. The molecule has 3 unspecified atom stereocenters. The molecule has 0 radical (unpaired) electrons. The Balaban J connectivity index is 1.80. The predicted octanol–water partition coefficient (Wildman–Crippen LogP) is 1.94. The van der Waals surface area contributed by atoms with Crippen LogP contribution in [-0.2, 0) is 0 Å². The van der Waals surface area contributed by atoms with Crippen LogP contribution in [0, 0.1) is 11.8 Å². The zero-order valence-corrected chi connectivity index (χ0v) is 9.94. The lowest BCUT2D eigenvalue weighted by Crippen LogP contribution is -2.11. The average Bonchev–Trinajstić information content (AvgIpc) is 2.83. The first kappa shape index (κ1) is 11.4. The van der Waals surface area contributed by atoms with Crippen LogP contribution in [0.3, 0.4) is 0 Å². The van der Waals surface area contributed by atoms with E-state index in [1.165, 1.54) is 19.3 Å². The molecular weight excluding hydrogens is 204 g/mol. The highest BCUT2D eigenvalue weighted by molar-refractivity contribution is 5.17. The van der Waals surface area contributed by atoms with Crippen LogP contribution in [0.25, 0.3) is 0 Å². The van der Waals surface area contributed by atoms with E-state index >= 15 is 0 Å². The molecule has 1 aromatic heterocycles. The van der Waals surface area contributed by atoms with Crippen molar-refractivity contribution in [3.05, 3.63) is 5.89 Å². The van der Waals surface area contributed by atoms with Crippen molar-refractivity contribution in [3.63, 3.8) is 0 Å². The molecule has 0 aromatic carbocycles. The highest BCUT2D eigenvalue weighted by Crippen LogP contribution is 2.30. The topological polar surface area (TPSA) is 77.0 Å². The van der Waals surface area contributed by atoms with Gasteiger partial charge in [-0.05, 0) is 31.6 Å². The van der Waals surface area contributed by atoms with Gasteiger partial charge in [0.05, 0.1) is 6.04 Å².